The standard InChI is InChI=1S/C13H10ClNO5S/c14-10-3-1-2-4-11(10)15-21(19,20)8-5-6-12(16)9(7-8)13(17)18/h1-7,15-16H,(H,17,18)/p-1. The molecule has 0 aliphatic rings. The van der Waals surface area contributed by atoms with Crippen molar-refractivity contribution in [3.05, 3.63) is 53.1 Å². The summed E-state index contributed by atoms with van der Waals surface area (Å²) in [5, 5.41) is 20.4. The Hall–Kier alpha value is -2.25. The quantitative estimate of drug-likeness (QED) is 0.892. The van der Waals surface area contributed by atoms with Gasteiger partial charge in [-0.15, -0.1) is 0 Å². The zero-order valence-electron chi connectivity index (χ0n) is 10.4. The molecule has 0 saturated heterocycles. The van der Waals surface area contributed by atoms with Crippen molar-refractivity contribution in [2.24, 2.45) is 0 Å². The molecule has 0 atom stereocenters. The first-order valence-electron chi connectivity index (χ1n) is 5.63. The predicted molar refractivity (Wildman–Crippen MR) is 75.1 cm³/mol. The number of carbonyl (C=O) groups is 1. The molecule has 0 saturated carbocycles. The molecule has 2 aromatic rings. The van der Waals surface area contributed by atoms with E-state index in [1.807, 2.05) is 0 Å². The molecule has 0 aromatic heterocycles. The number of carboxylic acid groups (broad SMARTS) is 1. The molecular weight excluding hydrogens is 318 g/mol. The minimum Gasteiger partial charge on any atom is -0.872 e. The van der Waals surface area contributed by atoms with Crippen molar-refractivity contribution in [2.45, 2.75) is 4.90 Å². The average Bonchev–Trinajstić information content (AvgIpc) is 2.41. The normalized spacial score (nSPS) is 11.1. The summed E-state index contributed by atoms with van der Waals surface area (Å²) in [6, 6.07) is 8.92. The topological polar surface area (TPSA) is 107 Å². The number of rotatable bonds is 4. The Morgan fingerprint density at radius 2 is 1.86 bits per heavy atom. The van der Waals surface area contributed by atoms with Gasteiger partial charge in [0.05, 0.1) is 21.2 Å². The van der Waals surface area contributed by atoms with Gasteiger partial charge < -0.3 is 10.2 Å². The second kappa shape index (κ2) is 5.63. The van der Waals surface area contributed by atoms with Crippen LogP contribution in [0.15, 0.2) is 47.4 Å². The van der Waals surface area contributed by atoms with Gasteiger partial charge in [0.15, 0.2) is 0 Å². The maximum absolute atomic E-state index is 12.2. The predicted octanol–water partition coefficient (Wildman–Crippen LogP) is 1.91. The van der Waals surface area contributed by atoms with Crippen LogP contribution in [0.3, 0.4) is 0 Å². The van der Waals surface area contributed by atoms with E-state index < -0.39 is 27.3 Å². The number of nitrogens with one attached hydrogen (secondary N) is 1. The first-order valence-corrected chi connectivity index (χ1v) is 7.49. The Balaban J connectivity index is 2.43. The molecule has 21 heavy (non-hydrogen) atoms. The van der Waals surface area contributed by atoms with Crippen molar-refractivity contribution >= 4 is 33.3 Å². The van der Waals surface area contributed by atoms with Crippen LogP contribution in [0.4, 0.5) is 5.69 Å². The summed E-state index contributed by atoms with van der Waals surface area (Å²) in [5.41, 5.74) is -0.459. The van der Waals surface area contributed by atoms with Crippen molar-refractivity contribution in [2.75, 3.05) is 4.72 Å². The third kappa shape index (κ3) is 3.26. The van der Waals surface area contributed by atoms with Crippen LogP contribution in [0.2, 0.25) is 5.02 Å². The van der Waals surface area contributed by atoms with Crippen LogP contribution in [0.5, 0.6) is 5.75 Å². The Kier molecular flexibility index (Phi) is 4.06. The Labute approximate surface area is 125 Å². The molecule has 0 radical (unpaired) electrons. The van der Waals surface area contributed by atoms with Crippen molar-refractivity contribution < 1.29 is 23.4 Å². The fourth-order valence-electron chi connectivity index (χ4n) is 1.59. The number of anilines is 1. The maximum Gasteiger partial charge on any atom is 0.335 e. The first kappa shape index (κ1) is 15.1. The lowest BCUT2D eigenvalue weighted by molar-refractivity contribution is -0.268. The number of carboxylic acids is 1. The molecule has 0 bridgehead atoms. The number of para-hydroxylation sites is 1. The molecule has 110 valence electrons. The summed E-state index contributed by atoms with van der Waals surface area (Å²) in [7, 11) is -4.05. The van der Waals surface area contributed by atoms with Crippen molar-refractivity contribution in [3.63, 3.8) is 0 Å². The first-order chi connectivity index (χ1) is 9.81. The Morgan fingerprint density at radius 1 is 1.19 bits per heavy atom. The van der Waals surface area contributed by atoms with Crippen LogP contribution in [0.25, 0.3) is 0 Å². The summed E-state index contributed by atoms with van der Waals surface area (Å²) in [5.74, 6) is -2.26. The number of hydrogen-bond donors (Lipinski definition) is 2. The van der Waals surface area contributed by atoms with E-state index in [1.54, 1.807) is 12.1 Å². The molecule has 6 nitrogen and oxygen atoms in total. The Bertz CT molecular complexity index is 804. The van der Waals surface area contributed by atoms with E-state index in [2.05, 4.69) is 4.72 Å². The fourth-order valence-corrected chi connectivity index (χ4v) is 2.94. The lowest BCUT2D eigenvalue weighted by Crippen LogP contribution is -2.15. The third-order valence-corrected chi connectivity index (χ3v) is 4.30. The van der Waals surface area contributed by atoms with Gasteiger partial charge in [-0.1, -0.05) is 35.5 Å². The monoisotopic (exact) mass is 326 g/mol. The molecule has 2 N–H and O–H groups in total. The van der Waals surface area contributed by atoms with E-state index in [-0.39, 0.29) is 15.6 Å². The minimum absolute atomic E-state index is 0.155. The number of halogens is 1. The van der Waals surface area contributed by atoms with E-state index in [1.165, 1.54) is 12.1 Å². The summed E-state index contributed by atoms with van der Waals surface area (Å²) in [6.07, 6.45) is 0. The number of benzene rings is 2. The van der Waals surface area contributed by atoms with Crippen LogP contribution in [-0.4, -0.2) is 19.5 Å². The highest BCUT2D eigenvalue weighted by Gasteiger charge is 2.17. The van der Waals surface area contributed by atoms with Gasteiger partial charge in [0, 0.05) is 0 Å². The highest BCUT2D eigenvalue weighted by molar-refractivity contribution is 7.92. The largest absolute Gasteiger partial charge is 0.872 e. The van der Waals surface area contributed by atoms with Crippen LogP contribution >= 0.6 is 11.6 Å². The molecule has 0 unspecified atom stereocenters. The summed E-state index contributed by atoms with van der Waals surface area (Å²) in [4.78, 5) is 10.5. The number of aromatic carboxylic acids is 1. The SMILES string of the molecule is O=C(O)c1cc(S(=O)(=O)Nc2ccccc2Cl)ccc1[O-]. The smallest absolute Gasteiger partial charge is 0.335 e. The number of hydrogen-bond acceptors (Lipinski definition) is 4. The number of sulfonamides is 1. The lowest BCUT2D eigenvalue weighted by atomic mass is 10.2. The van der Waals surface area contributed by atoms with Crippen LogP contribution in [-0.2, 0) is 10.0 Å². The van der Waals surface area contributed by atoms with Crippen molar-refractivity contribution in [1.29, 1.82) is 0 Å². The Morgan fingerprint density at radius 3 is 2.48 bits per heavy atom. The molecule has 0 spiro atoms. The summed E-state index contributed by atoms with van der Waals surface area (Å²) < 4.78 is 26.6. The average molecular weight is 327 g/mol. The summed E-state index contributed by atoms with van der Waals surface area (Å²) in [6.45, 7) is 0. The highest BCUT2D eigenvalue weighted by Crippen LogP contribution is 2.25. The molecule has 0 heterocycles. The van der Waals surface area contributed by atoms with Gasteiger partial charge in [-0.2, -0.15) is 0 Å². The molecule has 0 fully saturated rings. The molecule has 8 heteroatoms. The highest BCUT2D eigenvalue weighted by atomic mass is 35.5. The molecule has 0 aliphatic heterocycles. The van der Waals surface area contributed by atoms with Gasteiger partial charge in [0.1, 0.15) is 0 Å². The van der Waals surface area contributed by atoms with Gasteiger partial charge in [0.2, 0.25) is 0 Å². The second-order valence-electron chi connectivity index (χ2n) is 4.05. The van der Waals surface area contributed by atoms with Gasteiger partial charge in [0.25, 0.3) is 10.0 Å². The van der Waals surface area contributed by atoms with Gasteiger partial charge in [-0.3, -0.25) is 4.72 Å². The van der Waals surface area contributed by atoms with E-state index in [9.17, 15) is 18.3 Å². The van der Waals surface area contributed by atoms with Crippen molar-refractivity contribution in [3.8, 4) is 5.75 Å². The molecular formula is C13H9ClNO5S-. The van der Waals surface area contributed by atoms with E-state index in [0.717, 1.165) is 18.2 Å². The lowest BCUT2D eigenvalue weighted by Gasteiger charge is -2.13. The van der Waals surface area contributed by atoms with Crippen molar-refractivity contribution in [1.82, 2.24) is 0 Å². The maximum atomic E-state index is 12.2. The van der Waals surface area contributed by atoms with Crippen LogP contribution in [0, 0.1) is 0 Å². The van der Waals surface area contributed by atoms with E-state index in [4.69, 9.17) is 16.7 Å². The zero-order chi connectivity index (χ0) is 15.6. The fraction of sp³-hybridized carbons (Fsp3) is 0. The molecule has 2 rings (SSSR count). The van der Waals surface area contributed by atoms with Gasteiger partial charge in [-0.05, 0) is 24.3 Å². The minimum atomic E-state index is -4.05. The third-order valence-electron chi connectivity index (χ3n) is 2.61. The van der Waals surface area contributed by atoms with E-state index >= 15 is 0 Å². The summed E-state index contributed by atoms with van der Waals surface area (Å²) >= 11 is 5.85. The van der Waals surface area contributed by atoms with E-state index in [0.29, 0.717) is 0 Å². The van der Waals surface area contributed by atoms with Gasteiger partial charge in [-0.25, -0.2) is 13.2 Å². The molecule has 2 aromatic carbocycles. The molecule has 0 amide bonds. The van der Waals surface area contributed by atoms with Crippen LogP contribution < -0.4 is 9.83 Å². The zero-order valence-corrected chi connectivity index (χ0v) is 12.0. The molecule has 0 aliphatic carbocycles. The van der Waals surface area contributed by atoms with Gasteiger partial charge >= 0.3 is 5.97 Å². The second-order valence-corrected chi connectivity index (χ2v) is 6.14. The van der Waals surface area contributed by atoms with Crippen LogP contribution in [0.1, 0.15) is 10.4 Å².